The van der Waals surface area contributed by atoms with Gasteiger partial charge in [-0.1, -0.05) is 48.0 Å². The van der Waals surface area contributed by atoms with Gasteiger partial charge in [-0.15, -0.1) is 0 Å². The summed E-state index contributed by atoms with van der Waals surface area (Å²) in [6.07, 6.45) is -0.0521. The van der Waals surface area contributed by atoms with E-state index in [0.717, 1.165) is 27.7 Å². The average Bonchev–Trinajstić information content (AvgIpc) is 2.61. The molecule has 0 unspecified atom stereocenters. The summed E-state index contributed by atoms with van der Waals surface area (Å²) in [6, 6.07) is 22.5. The van der Waals surface area contributed by atoms with Gasteiger partial charge in [0, 0.05) is 16.4 Å². The first-order valence-corrected chi connectivity index (χ1v) is 8.39. The molecule has 2 atom stereocenters. The van der Waals surface area contributed by atoms with Gasteiger partial charge in [0.25, 0.3) is 0 Å². The van der Waals surface area contributed by atoms with Crippen LogP contribution in [0.2, 0.25) is 5.02 Å². The minimum Gasteiger partial charge on any atom is -0.364 e. The Hall–Kier alpha value is -2.36. The van der Waals surface area contributed by atoms with Crippen molar-refractivity contribution in [3.8, 4) is 0 Å². The van der Waals surface area contributed by atoms with Gasteiger partial charge < -0.3 is 5.32 Å². The quantitative estimate of drug-likeness (QED) is 0.703. The van der Waals surface area contributed by atoms with Gasteiger partial charge in [-0.05, 0) is 48.4 Å². The molecule has 4 heteroatoms. The third kappa shape index (κ3) is 2.88. The van der Waals surface area contributed by atoms with Crippen LogP contribution in [0.25, 0.3) is 0 Å². The van der Waals surface area contributed by atoms with E-state index in [4.69, 9.17) is 11.6 Å². The molecule has 0 spiro atoms. The molecule has 0 radical (unpaired) electrons. The molecule has 0 amide bonds. The fourth-order valence-electron chi connectivity index (χ4n) is 3.16. The highest BCUT2D eigenvalue weighted by atomic mass is 35.5. The molecule has 2 aromatic carbocycles. The lowest BCUT2D eigenvalue weighted by molar-refractivity contribution is 0.497. The van der Waals surface area contributed by atoms with Crippen LogP contribution in [0, 0.1) is 6.92 Å². The molecule has 3 aromatic rings. The predicted molar refractivity (Wildman–Crippen MR) is 98.2 cm³/mol. The Bertz CT molecular complexity index is 864. The van der Waals surface area contributed by atoms with Gasteiger partial charge in [0.2, 0.25) is 0 Å². The maximum Gasteiger partial charge on any atom is 0.121 e. The molecular formula is C20H18ClN3. The summed E-state index contributed by atoms with van der Waals surface area (Å²) < 4.78 is 0. The Morgan fingerprint density at radius 3 is 2.58 bits per heavy atom. The molecule has 0 bridgehead atoms. The zero-order valence-electron chi connectivity index (χ0n) is 13.3. The van der Waals surface area contributed by atoms with Crippen LogP contribution in [-0.4, -0.2) is 4.98 Å². The topological polar surface area (TPSA) is 37.0 Å². The lowest BCUT2D eigenvalue weighted by Crippen LogP contribution is -2.37. The van der Waals surface area contributed by atoms with E-state index < -0.39 is 0 Å². The van der Waals surface area contributed by atoms with Crippen LogP contribution >= 0.6 is 11.6 Å². The molecule has 0 saturated heterocycles. The maximum absolute atomic E-state index is 6.24. The molecule has 2 heterocycles. The molecule has 0 fully saturated rings. The Morgan fingerprint density at radius 2 is 1.79 bits per heavy atom. The average molecular weight is 336 g/mol. The highest BCUT2D eigenvalue weighted by Gasteiger charge is 2.28. The standard InChI is InChI=1S/C20H18ClN3/c1-13-6-5-9-18(22-13)20-23-17-11-10-15(21)12-16(17)19(24-20)14-7-3-2-4-8-14/h2-12,19-20,23-24H,1H3/t19-,20+/m0/s1. The second-order valence-electron chi connectivity index (χ2n) is 6.02. The normalized spacial score (nSPS) is 19.4. The van der Waals surface area contributed by atoms with E-state index in [2.05, 4.69) is 39.9 Å². The van der Waals surface area contributed by atoms with Gasteiger partial charge in [-0.25, -0.2) is 0 Å². The molecule has 3 nitrogen and oxygen atoms in total. The van der Waals surface area contributed by atoms with Crippen molar-refractivity contribution < 1.29 is 0 Å². The van der Waals surface area contributed by atoms with Crippen LogP contribution in [0.5, 0.6) is 0 Å². The summed E-state index contributed by atoms with van der Waals surface area (Å²) in [5, 5.41) is 7.94. The number of pyridine rings is 1. The van der Waals surface area contributed by atoms with E-state index in [-0.39, 0.29) is 12.2 Å². The van der Waals surface area contributed by atoms with Crippen LogP contribution in [0.4, 0.5) is 5.69 Å². The van der Waals surface area contributed by atoms with Crippen molar-refractivity contribution in [1.29, 1.82) is 0 Å². The second-order valence-corrected chi connectivity index (χ2v) is 6.46. The fourth-order valence-corrected chi connectivity index (χ4v) is 3.34. The number of rotatable bonds is 2. The number of nitrogens with one attached hydrogen (secondary N) is 2. The van der Waals surface area contributed by atoms with E-state index >= 15 is 0 Å². The van der Waals surface area contributed by atoms with Crippen LogP contribution < -0.4 is 10.6 Å². The van der Waals surface area contributed by atoms with Crippen molar-refractivity contribution >= 4 is 17.3 Å². The third-order valence-electron chi connectivity index (χ3n) is 4.30. The first kappa shape index (κ1) is 15.2. The van der Waals surface area contributed by atoms with Gasteiger partial charge in [0.15, 0.2) is 0 Å². The van der Waals surface area contributed by atoms with Gasteiger partial charge >= 0.3 is 0 Å². The van der Waals surface area contributed by atoms with E-state index in [1.165, 1.54) is 5.56 Å². The highest BCUT2D eigenvalue weighted by molar-refractivity contribution is 6.30. The molecule has 4 rings (SSSR count). The number of hydrogen-bond acceptors (Lipinski definition) is 3. The molecule has 1 aliphatic rings. The van der Waals surface area contributed by atoms with Crippen molar-refractivity contribution in [1.82, 2.24) is 10.3 Å². The summed E-state index contributed by atoms with van der Waals surface area (Å²) >= 11 is 6.24. The number of anilines is 1. The molecule has 1 aromatic heterocycles. The van der Waals surface area contributed by atoms with Gasteiger partial charge in [-0.2, -0.15) is 0 Å². The number of nitrogens with zero attached hydrogens (tertiary/aromatic N) is 1. The van der Waals surface area contributed by atoms with Crippen molar-refractivity contribution in [2.75, 3.05) is 5.32 Å². The second kappa shape index (κ2) is 6.27. The van der Waals surface area contributed by atoms with E-state index in [9.17, 15) is 0 Å². The summed E-state index contributed by atoms with van der Waals surface area (Å²) in [4.78, 5) is 4.66. The predicted octanol–water partition coefficient (Wildman–Crippen LogP) is 4.85. The molecule has 1 aliphatic heterocycles. The van der Waals surface area contributed by atoms with Crippen LogP contribution in [-0.2, 0) is 0 Å². The Morgan fingerprint density at radius 1 is 0.958 bits per heavy atom. The first-order valence-electron chi connectivity index (χ1n) is 8.01. The number of aromatic nitrogens is 1. The number of hydrogen-bond donors (Lipinski definition) is 2. The largest absolute Gasteiger partial charge is 0.364 e. The molecule has 120 valence electrons. The van der Waals surface area contributed by atoms with Crippen LogP contribution in [0.3, 0.4) is 0 Å². The number of fused-ring (bicyclic) bond motifs is 1. The maximum atomic E-state index is 6.24. The molecule has 24 heavy (non-hydrogen) atoms. The first-order chi connectivity index (χ1) is 11.7. The lowest BCUT2D eigenvalue weighted by atomic mass is 9.94. The van der Waals surface area contributed by atoms with Crippen molar-refractivity contribution in [2.24, 2.45) is 0 Å². The molecule has 0 aliphatic carbocycles. The van der Waals surface area contributed by atoms with Crippen molar-refractivity contribution in [3.05, 3.63) is 94.3 Å². The summed E-state index contributed by atoms with van der Waals surface area (Å²) in [5.41, 5.74) is 5.43. The molecule has 2 N–H and O–H groups in total. The van der Waals surface area contributed by atoms with E-state index in [1.807, 2.05) is 49.4 Å². The van der Waals surface area contributed by atoms with Crippen molar-refractivity contribution in [3.63, 3.8) is 0 Å². The fraction of sp³-hybridized carbons (Fsp3) is 0.150. The monoisotopic (exact) mass is 335 g/mol. The van der Waals surface area contributed by atoms with Gasteiger partial charge in [0.1, 0.15) is 6.17 Å². The van der Waals surface area contributed by atoms with Crippen LogP contribution in [0.1, 0.15) is 34.7 Å². The van der Waals surface area contributed by atoms with Crippen molar-refractivity contribution in [2.45, 2.75) is 19.1 Å². The van der Waals surface area contributed by atoms with Crippen LogP contribution in [0.15, 0.2) is 66.7 Å². The lowest BCUT2D eigenvalue weighted by Gasteiger charge is -2.35. The third-order valence-corrected chi connectivity index (χ3v) is 4.53. The number of halogens is 1. The Balaban J connectivity index is 1.79. The SMILES string of the molecule is Cc1cccc([C@@H]2Nc3ccc(Cl)cc3[C@H](c3ccccc3)N2)n1. The zero-order chi connectivity index (χ0) is 16.5. The minimum atomic E-state index is -0.0521. The highest BCUT2D eigenvalue weighted by Crippen LogP contribution is 2.37. The van der Waals surface area contributed by atoms with E-state index in [1.54, 1.807) is 0 Å². The minimum absolute atomic E-state index is 0.0521. The Kier molecular flexibility index (Phi) is 3.97. The molecular weight excluding hydrogens is 318 g/mol. The van der Waals surface area contributed by atoms with Gasteiger partial charge in [0.05, 0.1) is 11.7 Å². The smallest absolute Gasteiger partial charge is 0.121 e. The Labute approximate surface area is 146 Å². The summed E-state index contributed by atoms with van der Waals surface area (Å²) in [7, 11) is 0. The molecule has 0 saturated carbocycles. The van der Waals surface area contributed by atoms with Gasteiger partial charge in [-0.3, -0.25) is 10.3 Å². The summed E-state index contributed by atoms with van der Waals surface area (Å²) in [5.74, 6) is 0. The number of benzene rings is 2. The summed E-state index contributed by atoms with van der Waals surface area (Å²) in [6.45, 7) is 2.01. The van der Waals surface area contributed by atoms with E-state index in [0.29, 0.717) is 0 Å². The number of aryl methyl sites for hydroxylation is 1. The zero-order valence-corrected chi connectivity index (χ0v) is 14.1.